The molecule has 0 unspecified atom stereocenters. The van der Waals surface area contributed by atoms with Crippen LogP contribution in [0.5, 0.6) is 23.1 Å². The molecule has 1 aromatic heterocycles. The van der Waals surface area contributed by atoms with E-state index in [-0.39, 0.29) is 0 Å². The Morgan fingerprint density at radius 1 is 0.828 bits per heavy atom. The summed E-state index contributed by atoms with van der Waals surface area (Å²) in [6.07, 6.45) is 1.82. The lowest BCUT2D eigenvalue weighted by Gasteiger charge is -2.21. The van der Waals surface area contributed by atoms with Crippen molar-refractivity contribution < 1.29 is 18.9 Å². The van der Waals surface area contributed by atoms with E-state index in [9.17, 15) is 0 Å². The predicted molar refractivity (Wildman–Crippen MR) is 110 cm³/mol. The standard InChI is InChI=1S/C23H24N2O4/c1-2-6-20(7-3-1)26-11-13-28-22-10-9-18(16-25-22)15-24-17-19-5-4-8-21-23(19)29-14-12-27-21/h1-10,16,24H,11-15,17H2. The second-order valence-electron chi connectivity index (χ2n) is 6.56. The normalized spacial score (nSPS) is 12.4. The molecular weight excluding hydrogens is 368 g/mol. The van der Waals surface area contributed by atoms with E-state index in [1.54, 1.807) is 0 Å². The van der Waals surface area contributed by atoms with Gasteiger partial charge >= 0.3 is 0 Å². The molecule has 2 aromatic carbocycles. The number of pyridine rings is 1. The predicted octanol–water partition coefficient (Wildman–Crippen LogP) is 3.60. The molecule has 0 saturated heterocycles. The van der Waals surface area contributed by atoms with E-state index >= 15 is 0 Å². The number of fused-ring (bicyclic) bond motifs is 1. The van der Waals surface area contributed by atoms with Gasteiger partial charge in [-0.25, -0.2) is 4.98 Å². The zero-order valence-electron chi connectivity index (χ0n) is 16.2. The Hall–Kier alpha value is -3.25. The van der Waals surface area contributed by atoms with Crippen LogP contribution in [0.4, 0.5) is 0 Å². The van der Waals surface area contributed by atoms with Crippen LogP contribution in [0.3, 0.4) is 0 Å². The second-order valence-corrected chi connectivity index (χ2v) is 6.56. The first-order valence-electron chi connectivity index (χ1n) is 9.72. The monoisotopic (exact) mass is 392 g/mol. The van der Waals surface area contributed by atoms with E-state index < -0.39 is 0 Å². The van der Waals surface area contributed by atoms with E-state index in [2.05, 4.69) is 10.3 Å². The first-order valence-corrected chi connectivity index (χ1v) is 9.72. The molecule has 1 aliphatic heterocycles. The van der Waals surface area contributed by atoms with Gasteiger partial charge < -0.3 is 24.3 Å². The quantitative estimate of drug-likeness (QED) is 0.562. The third-order valence-corrected chi connectivity index (χ3v) is 4.44. The summed E-state index contributed by atoms with van der Waals surface area (Å²) in [5, 5.41) is 3.42. The van der Waals surface area contributed by atoms with Gasteiger partial charge in [0.05, 0.1) is 0 Å². The van der Waals surface area contributed by atoms with Crippen LogP contribution in [0.2, 0.25) is 0 Å². The fourth-order valence-electron chi connectivity index (χ4n) is 3.04. The van der Waals surface area contributed by atoms with Gasteiger partial charge in [-0.15, -0.1) is 0 Å². The maximum Gasteiger partial charge on any atom is 0.213 e. The molecule has 0 amide bonds. The Kier molecular flexibility index (Phi) is 6.45. The molecule has 0 aliphatic carbocycles. The van der Waals surface area contributed by atoms with Gasteiger partial charge in [0, 0.05) is 30.9 Å². The molecule has 0 saturated carbocycles. The highest BCUT2D eigenvalue weighted by Gasteiger charge is 2.14. The number of aromatic nitrogens is 1. The lowest BCUT2D eigenvalue weighted by molar-refractivity contribution is 0.169. The summed E-state index contributed by atoms with van der Waals surface area (Å²) in [6, 6.07) is 19.5. The van der Waals surface area contributed by atoms with Gasteiger partial charge in [0.15, 0.2) is 11.5 Å². The van der Waals surface area contributed by atoms with Crippen molar-refractivity contribution >= 4 is 0 Å². The Balaban J connectivity index is 1.20. The lowest BCUT2D eigenvalue weighted by Crippen LogP contribution is -2.19. The summed E-state index contributed by atoms with van der Waals surface area (Å²) in [5.41, 5.74) is 2.17. The number of benzene rings is 2. The molecule has 1 aliphatic rings. The van der Waals surface area contributed by atoms with Gasteiger partial charge in [0.2, 0.25) is 5.88 Å². The maximum absolute atomic E-state index is 5.74. The van der Waals surface area contributed by atoms with Gasteiger partial charge in [-0.1, -0.05) is 36.4 Å². The number of hydrogen-bond donors (Lipinski definition) is 1. The van der Waals surface area contributed by atoms with Crippen molar-refractivity contribution in [1.29, 1.82) is 0 Å². The smallest absolute Gasteiger partial charge is 0.213 e. The number of rotatable bonds is 9. The van der Waals surface area contributed by atoms with Gasteiger partial charge in [-0.05, 0) is 23.8 Å². The summed E-state index contributed by atoms with van der Waals surface area (Å²) in [4.78, 5) is 4.36. The highest BCUT2D eigenvalue weighted by Crippen LogP contribution is 2.33. The zero-order chi connectivity index (χ0) is 19.7. The van der Waals surface area contributed by atoms with Crippen LogP contribution in [0, 0.1) is 0 Å². The molecular formula is C23H24N2O4. The largest absolute Gasteiger partial charge is 0.490 e. The minimum atomic E-state index is 0.445. The van der Waals surface area contributed by atoms with E-state index in [0.717, 1.165) is 28.4 Å². The van der Waals surface area contributed by atoms with E-state index in [4.69, 9.17) is 18.9 Å². The molecule has 1 N–H and O–H groups in total. The first-order chi connectivity index (χ1) is 14.4. The van der Waals surface area contributed by atoms with Crippen LogP contribution in [0.25, 0.3) is 0 Å². The van der Waals surface area contributed by atoms with Gasteiger partial charge in [0.1, 0.15) is 32.2 Å². The fraction of sp³-hybridized carbons (Fsp3) is 0.261. The summed E-state index contributed by atoms with van der Waals surface area (Å²) in [7, 11) is 0. The van der Waals surface area contributed by atoms with Crippen molar-refractivity contribution in [1.82, 2.24) is 10.3 Å². The highest BCUT2D eigenvalue weighted by atomic mass is 16.6. The molecule has 6 heteroatoms. The van der Waals surface area contributed by atoms with Crippen LogP contribution in [-0.2, 0) is 13.1 Å². The van der Waals surface area contributed by atoms with Crippen LogP contribution in [0.15, 0.2) is 66.9 Å². The Labute approximate surface area is 170 Å². The van der Waals surface area contributed by atoms with Crippen LogP contribution in [-0.4, -0.2) is 31.4 Å². The summed E-state index contributed by atoms with van der Waals surface area (Å²) in [6.45, 7) is 3.51. The minimum absolute atomic E-state index is 0.445. The first kappa shape index (κ1) is 19.1. The average molecular weight is 392 g/mol. The number of nitrogens with one attached hydrogen (secondary N) is 1. The van der Waals surface area contributed by atoms with Crippen molar-refractivity contribution in [2.24, 2.45) is 0 Å². The lowest BCUT2D eigenvalue weighted by atomic mass is 10.1. The number of nitrogens with zero attached hydrogens (tertiary/aromatic N) is 1. The van der Waals surface area contributed by atoms with Gasteiger partial charge in [0.25, 0.3) is 0 Å². The molecule has 0 atom stereocenters. The van der Waals surface area contributed by atoms with E-state index in [1.165, 1.54) is 0 Å². The Bertz CT molecular complexity index is 901. The van der Waals surface area contributed by atoms with E-state index in [1.807, 2.05) is 66.9 Å². The molecule has 0 radical (unpaired) electrons. The minimum Gasteiger partial charge on any atom is -0.490 e. The number of para-hydroxylation sites is 2. The molecule has 29 heavy (non-hydrogen) atoms. The van der Waals surface area contributed by atoms with Crippen molar-refractivity contribution in [3.8, 4) is 23.1 Å². The highest BCUT2D eigenvalue weighted by molar-refractivity contribution is 5.47. The molecule has 0 fully saturated rings. The summed E-state index contributed by atoms with van der Waals surface area (Å²) >= 11 is 0. The summed E-state index contributed by atoms with van der Waals surface area (Å²) in [5.74, 6) is 3.08. The topological polar surface area (TPSA) is 61.8 Å². The third-order valence-electron chi connectivity index (χ3n) is 4.44. The van der Waals surface area contributed by atoms with Gasteiger partial charge in [-0.2, -0.15) is 0 Å². The van der Waals surface area contributed by atoms with Crippen molar-refractivity contribution in [3.63, 3.8) is 0 Å². The number of hydrogen-bond acceptors (Lipinski definition) is 6. The molecule has 3 aromatic rings. The SMILES string of the molecule is c1ccc(OCCOc2ccc(CNCc3cccc4c3OCCO4)cn2)cc1. The van der Waals surface area contributed by atoms with Crippen LogP contribution < -0.4 is 24.3 Å². The second kappa shape index (κ2) is 9.80. The molecule has 150 valence electrons. The Morgan fingerprint density at radius 2 is 1.69 bits per heavy atom. The summed E-state index contributed by atoms with van der Waals surface area (Å²) < 4.78 is 22.6. The third kappa shape index (κ3) is 5.39. The van der Waals surface area contributed by atoms with Crippen molar-refractivity contribution in [3.05, 3.63) is 78.0 Å². The maximum atomic E-state index is 5.74. The molecule has 4 rings (SSSR count). The molecule has 0 bridgehead atoms. The fourth-order valence-corrected chi connectivity index (χ4v) is 3.04. The van der Waals surface area contributed by atoms with Gasteiger partial charge in [-0.3, -0.25) is 0 Å². The van der Waals surface area contributed by atoms with Crippen LogP contribution >= 0.6 is 0 Å². The number of ether oxygens (including phenoxy) is 4. The van der Waals surface area contributed by atoms with E-state index in [0.29, 0.717) is 45.4 Å². The Morgan fingerprint density at radius 3 is 2.55 bits per heavy atom. The van der Waals surface area contributed by atoms with Crippen LogP contribution in [0.1, 0.15) is 11.1 Å². The zero-order valence-corrected chi connectivity index (χ0v) is 16.2. The molecule has 0 spiro atoms. The molecule has 2 heterocycles. The van der Waals surface area contributed by atoms with Crippen molar-refractivity contribution in [2.75, 3.05) is 26.4 Å². The average Bonchev–Trinajstić information content (AvgIpc) is 2.79. The molecule has 6 nitrogen and oxygen atoms in total. The van der Waals surface area contributed by atoms with Crippen molar-refractivity contribution in [2.45, 2.75) is 13.1 Å².